The molecule has 3 aliphatic rings. The molecule has 0 spiro atoms. The smallest absolute Gasteiger partial charge is 0.116 e. The molecule has 0 bridgehead atoms. The SMILES string of the molecule is C=C1/C(=C\C=C2/CCC[C@]3(C)[C@@H]([C@@H](C)C#Cc4cccc(O)c4)CC[C@@H]23)C[C@@H](O)C[C@@H]1O. The van der Waals surface area contributed by atoms with E-state index in [1.54, 1.807) is 12.1 Å². The third kappa shape index (κ3) is 4.58. The van der Waals surface area contributed by atoms with Gasteiger partial charge in [0.2, 0.25) is 0 Å². The average Bonchev–Trinajstić information content (AvgIpc) is 3.11. The summed E-state index contributed by atoms with van der Waals surface area (Å²) in [5.41, 5.74) is 4.36. The van der Waals surface area contributed by atoms with Gasteiger partial charge in [0.25, 0.3) is 0 Å². The summed E-state index contributed by atoms with van der Waals surface area (Å²) in [6.45, 7) is 8.76. The highest BCUT2D eigenvalue weighted by atomic mass is 16.3. The zero-order chi connectivity index (χ0) is 22.9. The first kappa shape index (κ1) is 22.9. The number of benzene rings is 1. The van der Waals surface area contributed by atoms with Crippen molar-refractivity contribution in [2.45, 2.75) is 71.0 Å². The van der Waals surface area contributed by atoms with Gasteiger partial charge >= 0.3 is 0 Å². The molecule has 4 rings (SSSR count). The van der Waals surface area contributed by atoms with E-state index in [1.165, 1.54) is 31.3 Å². The topological polar surface area (TPSA) is 60.7 Å². The number of aliphatic hydroxyl groups excluding tert-OH is 2. The summed E-state index contributed by atoms with van der Waals surface area (Å²) >= 11 is 0. The van der Waals surface area contributed by atoms with Crippen LogP contribution < -0.4 is 0 Å². The third-order valence-corrected chi connectivity index (χ3v) is 8.20. The van der Waals surface area contributed by atoms with Gasteiger partial charge in [-0.3, -0.25) is 0 Å². The fourth-order valence-electron chi connectivity index (χ4n) is 6.45. The highest BCUT2D eigenvalue weighted by molar-refractivity contribution is 5.40. The third-order valence-electron chi connectivity index (χ3n) is 8.20. The summed E-state index contributed by atoms with van der Waals surface area (Å²) in [5, 5.41) is 29.9. The Morgan fingerprint density at radius 3 is 2.81 bits per heavy atom. The van der Waals surface area contributed by atoms with Crippen LogP contribution in [0.3, 0.4) is 0 Å². The largest absolute Gasteiger partial charge is 0.508 e. The molecule has 3 saturated carbocycles. The summed E-state index contributed by atoms with van der Waals surface area (Å²) in [7, 11) is 0. The Kier molecular flexibility index (Phi) is 6.65. The van der Waals surface area contributed by atoms with Gasteiger partial charge in [-0.2, -0.15) is 0 Å². The van der Waals surface area contributed by atoms with Gasteiger partial charge in [0, 0.05) is 17.9 Å². The van der Waals surface area contributed by atoms with Gasteiger partial charge in [0.1, 0.15) is 5.75 Å². The van der Waals surface area contributed by atoms with E-state index in [-0.39, 0.29) is 11.2 Å². The zero-order valence-electron chi connectivity index (χ0n) is 19.3. The van der Waals surface area contributed by atoms with Crippen molar-refractivity contribution in [1.82, 2.24) is 0 Å². The second-order valence-corrected chi connectivity index (χ2v) is 10.3. The minimum Gasteiger partial charge on any atom is -0.508 e. The van der Waals surface area contributed by atoms with Gasteiger partial charge < -0.3 is 15.3 Å². The molecule has 0 aliphatic heterocycles. The van der Waals surface area contributed by atoms with E-state index in [0.29, 0.717) is 30.6 Å². The molecule has 0 saturated heterocycles. The Hall–Kier alpha value is -2.28. The van der Waals surface area contributed by atoms with Gasteiger partial charge in [0.05, 0.1) is 12.2 Å². The van der Waals surface area contributed by atoms with Crippen LogP contribution in [0.1, 0.15) is 64.4 Å². The highest BCUT2D eigenvalue weighted by Gasteiger charge is 2.50. The molecular weight excluding hydrogens is 396 g/mol. The van der Waals surface area contributed by atoms with Crippen molar-refractivity contribution in [3.63, 3.8) is 0 Å². The lowest BCUT2D eigenvalue weighted by atomic mass is 9.61. The number of rotatable bonds is 2. The van der Waals surface area contributed by atoms with Crippen LogP contribution in [-0.2, 0) is 0 Å². The maximum atomic E-state index is 10.1. The average molecular weight is 433 g/mol. The van der Waals surface area contributed by atoms with E-state index in [0.717, 1.165) is 23.1 Å². The summed E-state index contributed by atoms with van der Waals surface area (Å²) in [6, 6.07) is 7.18. The first-order chi connectivity index (χ1) is 15.3. The molecule has 6 atom stereocenters. The van der Waals surface area contributed by atoms with Crippen LogP contribution in [0, 0.1) is 35.0 Å². The van der Waals surface area contributed by atoms with Crippen LogP contribution in [0.2, 0.25) is 0 Å². The first-order valence-corrected chi connectivity index (χ1v) is 12.0. The second-order valence-electron chi connectivity index (χ2n) is 10.3. The van der Waals surface area contributed by atoms with E-state index < -0.39 is 12.2 Å². The van der Waals surface area contributed by atoms with E-state index in [4.69, 9.17) is 0 Å². The highest BCUT2D eigenvalue weighted by Crippen LogP contribution is 2.59. The summed E-state index contributed by atoms with van der Waals surface area (Å²) < 4.78 is 0. The van der Waals surface area contributed by atoms with E-state index in [2.05, 4.69) is 44.4 Å². The fraction of sp³-hybridized carbons (Fsp3) is 0.517. The van der Waals surface area contributed by atoms with Crippen LogP contribution >= 0.6 is 0 Å². The second kappa shape index (κ2) is 9.30. The van der Waals surface area contributed by atoms with Crippen LogP contribution in [-0.4, -0.2) is 27.5 Å². The van der Waals surface area contributed by atoms with Crippen molar-refractivity contribution >= 4 is 0 Å². The van der Waals surface area contributed by atoms with Gasteiger partial charge in [-0.15, -0.1) is 0 Å². The minimum absolute atomic E-state index is 0.248. The standard InChI is InChI=1S/C29H36O3/c1-19(9-10-21-6-4-8-24(30)16-21)26-13-14-27-22(7-5-15-29(26,27)3)11-12-23-17-25(31)18-28(32)20(23)2/h4,6,8,11-12,16,19,25-28,30-32H,2,5,7,13-15,17-18H2,1,3H3/b22-11+,23-12-/t19-,25+,26+,27-,28-,29+/m0/s1. The van der Waals surface area contributed by atoms with Crippen LogP contribution in [0.25, 0.3) is 0 Å². The summed E-state index contributed by atoms with van der Waals surface area (Å²) in [4.78, 5) is 0. The zero-order valence-corrected chi connectivity index (χ0v) is 19.3. The molecule has 0 amide bonds. The number of phenolic OH excluding ortho intramolecular Hbond substituents is 1. The van der Waals surface area contributed by atoms with Crippen molar-refractivity contribution in [3.05, 3.63) is 65.3 Å². The quantitative estimate of drug-likeness (QED) is 0.539. The van der Waals surface area contributed by atoms with E-state index >= 15 is 0 Å². The fourth-order valence-corrected chi connectivity index (χ4v) is 6.45. The van der Waals surface area contributed by atoms with Gasteiger partial charge in [0.15, 0.2) is 0 Å². The molecule has 1 aromatic rings. The molecular formula is C29H36O3. The van der Waals surface area contributed by atoms with Gasteiger partial charge in [-0.05, 0) is 85.1 Å². The number of hydrogen-bond acceptors (Lipinski definition) is 3. The summed E-state index contributed by atoms with van der Waals surface area (Å²) in [6.07, 6.45) is 10.1. The normalized spacial score (nSPS) is 35.9. The van der Waals surface area contributed by atoms with Gasteiger partial charge in [-0.25, -0.2) is 0 Å². The molecule has 3 fully saturated rings. The number of phenols is 1. The Morgan fingerprint density at radius 1 is 1.22 bits per heavy atom. The van der Waals surface area contributed by atoms with Crippen LogP contribution in [0.5, 0.6) is 5.75 Å². The minimum atomic E-state index is -0.637. The Bertz CT molecular complexity index is 991. The molecule has 3 heteroatoms. The predicted molar refractivity (Wildman–Crippen MR) is 129 cm³/mol. The van der Waals surface area contributed by atoms with Gasteiger partial charge in [-0.1, -0.05) is 56.1 Å². The molecule has 0 unspecified atom stereocenters. The number of hydrogen-bond donors (Lipinski definition) is 3. The van der Waals surface area contributed by atoms with E-state index in [9.17, 15) is 15.3 Å². The lowest BCUT2D eigenvalue weighted by molar-refractivity contribution is 0.0862. The Labute approximate surface area is 192 Å². The van der Waals surface area contributed by atoms with Crippen molar-refractivity contribution in [2.24, 2.45) is 23.2 Å². The maximum absolute atomic E-state index is 10.1. The van der Waals surface area contributed by atoms with E-state index in [1.807, 2.05) is 12.1 Å². The van der Waals surface area contributed by atoms with Crippen LogP contribution in [0.15, 0.2) is 59.7 Å². The summed E-state index contributed by atoms with van der Waals surface area (Å²) in [5.74, 6) is 8.44. The van der Waals surface area contributed by atoms with Crippen LogP contribution in [0.4, 0.5) is 0 Å². The number of allylic oxidation sites excluding steroid dienone is 3. The predicted octanol–water partition coefficient (Wildman–Crippen LogP) is 5.52. The number of fused-ring (bicyclic) bond motifs is 1. The van der Waals surface area contributed by atoms with Crippen molar-refractivity contribution in [3.8, 4) is 17.6 Å². The monoisotopic (exact) mass is 432 g/mol. The molecule has 3 aliphatic carbocycles. The van der Waals surface area contributed by atoms with Crippen molar-refractivity contribution in [2.75, 3.05) is 0 Å². The molecule has 1 aromatic carbocycles. The molecule has 3 N–H and O–H groups in total. The molecule has 170 valence electrons. The lowest BCUT2D eigenvalue weighted by Gasteiger charge is -2.43. The Balaban J connectivity index is 1.52. The molecule has 3 nitrogen and oxygen atoms in total. The maximum Gasteiger partial charge on any atom is 0.116 e. The Morgan fingerprint density at radius 2 is 2.03 bits per heavy atom. The molecule has 32 heavy (non-hydrogen) atoms. The molecule has 0 radical (unpaired) electrons. The molecule has 0 heterocycles. The number of aromatic hydroxyl groups is 1. The lowest BCUT2D eigenvalue weighted by Crippen LogP contribution is -2.35. The number of aliphatic hydroxyl groups is 2. The first-order valence-electron chi connectivity index (χ1n) is 12.0. The van der Waals surface area contributed by atoms with Crippen molar-refractivity contribution < 1.29 is 15.3 Å². The van der Waals surface area contributed by atoms with Crippen molar-refractivity contribution in [1.29, 1.82) is 0 Å². The molecule has 0 aromatic heterocycles.